The highest BCUT2D eigenvalue weighted by atomic mass is 16.5. The first kappa shape index (κ1) is 19.4. The van der Waals surface area contributed by atoms with Gasteiger partial charge in [-0.05, 0) is 48.9 Å². The van der Waals surface area contributed by atoms with E-state index in [-0.39, 0.29) is 24.8 Å². The number of anilines is 2. The van der Waals surface area contributed by atoms with Crippen LogP contribution in [0.15, 0.2) is 42.5 Å². The highest BCUT2D eigenvalue weighted by Gasteiger charge is 2.35. The Morgan fingerprint density at radius 2 is 1.82 bits per heavy atom. The Morgan fingerprint density at radius 1 is 1.11 bits per heavy atom. The molecule has 0 saturated carbocycles. The molecule has 3 rings (SSSR count). The van der Waals surface area contributed by atoms with Gasteiger partial charge in [0.15, 0.2) is 0 Å². The lowest BCUT2D eigenvalue weighted by Gasteiger charge is -2.17. The predicted octanol–water partition coefficient (Wildman–Crippen LogP) is 2.78. The van der Waals surface area contributed by atoms with Crippen LogP contribution in [0, 0.1) is 12.8 Å². The molecule has 2 aromatic carbocycles. The van der Waals surface area contributed by atoms with Crippen LogP contribution in [0.4, 0.5) is 11.4 Å². The average molecular weight is 382 g/mol. The summed E-state index contributed by atoms with van der Waals surface area (Å²) in [5.41, 5.74) is 2.62. The number of carbonyl (C=O) groups excluding carboxylic acids is 3. The zero-order valence-electron chi connectivity index (χ0n) is 16.0. The van der Waals surface area contributed by atoms with Crippen LogP contribution in [0.3, 0.4) is 0 Å². The number of carbonyl (C=O) groups is 3. The molecule has 1 N–H and O–H groups in total. The number of hydrogen-bond acceptors (Lipinski definition) is 5. The van der Waals surface area contributed by atoms with Gasteiger partial charge in [0, 0.05) is 18.7 Å². The van der Waals surface area contributed by atoms with Gasteiger partial charge in [-0.3, -0.25) is 9.59 Å². The second-order valence-corrected chi connectivity index (χ2v) is 6.64. The van der Waals surface area contributed by atoms with Gasteiger partial charge in [-0.15, -0.1) is 0 Å². The van der Waals surface area contributed by atoms with Crippen LogP contribution in [-0.2, 0) is 14.3 Å². The molecule has 0 aliphatic carbocycles. The molecule has 0 bridgehead atoms. The Bertz CT molecular complexity index is 908. The summed E-state index contributed by atoms with van der Waals surface area (Å²) in [6.45, 7) is 2.20. The molecule has 1 aliphatic heterocycles. The smallest absolute Gasteiger partial charge is 0.337 e. The van der Waals surface area contributed by atoms with Crippen molar-refractivity contribution in [2.45, 2.75) is 13.3 Å². The molecule has 1 atom stereocenters. The molecular formula is C21H22N2O5. The third-order valence-corrected chi connectivity index (χ3v) is 4.71. The SMILES string of the molecule is COC(=O)c1ccc(N2CC(C(=O)Nc3cc(C)ccc3OC)CC2=O)cc1. The van der Waals surface area contributed by atoms with Gasteiger partial charge in [0.25, 0.3) is 0 Å². The molecule has 0 spiro atoms. The fourth-order valence-electron chi connectivity index (χ4n) is 3.18. The van der Waals surface area contributed by atoms with Crippen LogP contribution in [-0.4, -0.2) is 38.5 Å². The van der Waals surface area contributed by atoms with Crippen LogP contribution < -0.4 is 15.0 Å². The minimum Gasteiger partial charge on any atom is -0.495 e. The zero-order chi connectivity index (χ0) is 20.3. The number of nitrogens with one attached hydrogen (secondary N) is 1. The third kappa shape index (κ3) is 3.98. The second kappa shape index (κ2) is 8.12. The molecule has 1 saturated heterocycles. The Kier molecular flexibility index (Phi) is 5.63. The number of benzene rings is 2. The van der Waals surface area contributed by atoms with E-state index in [0.29, 0.717) is 22.7 Å². The fraction of sp³-hybridized carbons (Fsp3) is 0.286. The second-order valence-electron chi connectivity index (χ2n) is 6.64. The van der Waals surface area contributed by atoms with E-state index in [0.717, 1.165) is 5.56 Å². The van der Waals surface area contributed by atoms with Crippen molar-refractivity contribution >= 4 is 29.2 Å². The minimum absolute atomic E-state index is 0.124. The van der Waals surface area contributed by atoms with Gasteiger partial charge in [-0.1, -0.05) is 6.07 Å². The largest absolute Gasteiger partial charge is 0.495 e. The summed E-state index contributed by atoms with van der Waals surface area (Å²) >= 11 is 0. The quantitative estimate of drug-likeness (QED) is 0.804. The molecule has 2 aromatic rings. The maximum Gasteiger partial charge on any atom is 0.337 e. The number of rotatable bonds is 5. The van der Waals surface area contributed by atoms with Crippen LogP contribution in [0.1, 0.15) is 22.3 Å². The number of esters is 1. The molecule has 146 valence electrons. The zero-order valence-corrected chi connectivity index (χ0v) is 16.0. The summed E-state index contributed by atoms with van der Waals surface area (Å²) in [5, 5.41) is 2.86. The van der Waals surface area contributed by atoms with Crippen molar-refractivity contribution in [2.75, 3.05) is 31.0 Å². The Hall–Kier alpha value is -3.35. The van der Waals surface area contributed by atoms with Crippen LogP contribution in [0.25, 0.3) is 0 Å². The molecule has 7 nitrogen and oxygen atoms in total. The highest BCUT2D eigenvalue weighted by Crippen LogP contribution is 2.29. The lowest BCUT2D eigenvalue weighted by atomic mass is 10.1. The topological polar surface area (TPSA) is 84.9 Å². The van der Waals surface area contributed by atoms with E-state index in [2.05, 4.69) is 10.1 Å². The predicted molar refractivity (Wildman–Crippen MR) is 105 cm³/mol. The summed E-state index contributed by atoms with van der Waals surface area (Å²) in [6, 6.07) is 12.1. The Labute approximate surface area is 163 Å². The van der Waals surface area contributed by atoms with Gasteiger partial charge in [0.05, 0.1) is 31.4 Å². The van der Waals surface area contributed by atoms with E-state index in [1.165, 1.54) is 7.11 Å². The van der Waals surface area contributed by atoms with Gasteiger partial charge in [-0.25, -0.2) is 4.79 Å². The van der Waals surface area contributed by atoms with Crippen LogP contribution in [0.2, 0.25) is 0 Å². The molecule has 0 radical (unpaired) electrons. The van der Waals surface area contributed by atoms with Gasteiger partial charge in [0.1, 0.15) is 5.75 Å². The summed E-state index contributed by atoms with van der Waals surface area (Å²) in [6.07, 6.45) is 0.124. The van der Waals surface area contributed by atoms with E-state index < -0.39 is 11.9 Å². The monoisotopic (exact) mass is 382 g/mol. The highest BCUT2D eigenvalue weighted by molar-refractivity contribution is 6.04. The molecule has 7 heteroatoms. The van der Waals surface area contributed by atoms with E-state index in [9.17, 15) is 14.4 Å². The Morgan fingerprint density at radius 3 is 2.46 bits per heavy atom. The third-order valence-electron chi connectivity index (χ3n) is 4.71. The average Bonchev–Trinajstić information content (AvgIpc) is 3.09. The van der Waals surface area contributed by atoms with Crippen molar-refractivity contribution in [1.82, 2.24) is 0 Å². The number of ether oxygens (including phenoxy) is 2. The van der Waals surface area contributed by atoms with Crippen molar-refractivity contribution in [3.05, 3.63) is 53.6 Å². The first-order valence-corrected chi connectivity index (χ1v) is 8.87. The number of amides is 2. The number of nitrogens with zero attached hydrogens (tertiary/aromatic N) is 1. The van der Waals surface area contributed by atoms with Crippen molar-refractivity contribution in [1.29, 1.82) is 0 Å². The maximum atomic E-state index is 12.7. The molecule has 2 amide bonds. The molecule has 1 aliphatic rings. The molecule has 28 heavy (non-hydrogen) atoms. The number of hydrogen-bond donors (Lipinski definition) is 1. The molecular weight excluding hydrogens is 360 g/mol. The summed E-state index contributed by atoms with van der Waals surface area (Å²) in [5.74, 6) is -0.715. The van der Waals surface area contributed by atoms with Gasteiger partial charge in [-0.2, -0.15) is 0 Å². The summed E-state index contributed by atoms with van der Waals surface area (Å²) in [7, 11) is 2.85. The summed E-state index contributed by atoms with van der Waals surface area (Å²) in [4.78, 5) is 38.2. The molecule has 1 unspecified atom stereocenters. The van der Waals surface area contributed by atoms with E-state index in [4.69, 9.17) is 4.74 Å². The Balaban J connectivity index is 1.71. The lowest BCUT2D eigenvalue weighted by molar-refractivity contribution is -0.122. The van der Waals surface area contributed by atoms with Crippen molar-refractivity contribution < 1.29 is 23.9 Å². The van der Waals surface area contributed by atoms with Crippen LogP contribution in [0.5, 0.6) is 5.75 Å². The lowest BCUT2D eigenvalue weighted by Crippen LogP contribution is -2.28. The fourth-order valence-corrected chi connectivity index (χ4v) is 3.18. The van der Waals surface area contributed by atoms with E-state index >= 15 is 0 Å². The standard InChI is InChI=1S/C21H22N2O5/c1-13-4-9-18(27-2)17(10-13)22-20(25)15-11-19(24)23(12-15)16-7-5-14(6-8-16)21(26)28-3/h4-10,15H,11-12H2,1-3H3,(H,22,25). The van der Waals surface area contributed by atoms with Crippen molar-refractivity contribution in [2.24, 2.45) is 5.92 Å². The normalized spacial score (nSPS) is 16.0. The summed E-state index contributed by atoms with van der Waals surface area (Å²) < 4.78 is 9.96. The molecule has 1 fully saturated rings. The first-order chi connectivity index (χ1) is 13.4. The number of aryl methyl sites for hydroxylation is 1. The minimum atomic E-state index is -0.474. The van der Waals surface area contributed by atoms with E-state index in [1.807, 2.05) is 19.1 Å². The van der Waals surface area contributed by atoms with Crippen molar-refractivity contribution in [3.8, 4) is 5.75 Å². The number of methoxy groups -OCH3 is 2. The molecule has 0 aromatic heterocycles. The molecule has 1 heterocycles. The van der Waals surface area contributed by atoms with Gasteiger partial charge in [0.2, 0.25) is 11.8 Å². The first-order valence-electron chi connectivity index (χ1n) is 8.87. The van der Waals surface area contributed by atoms with Crippen LogP contribution >= 0.6 is 0 Å². The van der Waals surface area contributed by atoms with Crippen molar-refractivity contribution in [3.63, 3.8) is 0 Å². The van der Waals surface area contributed by atoms with Gasteiger partial charge < -0.3 is 19.7 Å². The van der Waals surface area contributed by atoms with E-state index in [1.54, 1.807) is 42.3 Å². The van der Waals surface area contributed by atoms with Gasteiger partial charge >= 0.3 is 5.97 Å². The maximum absolute atomic E-state index is 12.7.